The maximum absolute atomic E-state index is 11.4. The molecular formula is C11H16N4O2. The predicted molar refractivity (Wildman–Crippen MR) is 60.9 cm³/mol. The lowest BCUT2D eigenvalue weighted by atomic mass is 10.2. The summed E-state index contributed by atoms with van der Waals surface area (Å²) in [4.78, 5) is 15.3. The van der Waals surface area contributed by atoms with Gasteiger partial charge in [0, 0.05) is 13.6 Å². The molecule has 1 atom stereocenters. The highest BCUT2D eigenvalue weighted by atomic mass is 16.5. The highest BCUT2D eigenvalue weighted by Crippen LogP contribution is 2.03. The van der Waals surface area contributed by atoms with Crippen molar-refractivity contribution in [2.24, 2.45) is 7.05 Å². The Kier molecular flexibility index (Phi) is 4.67. The first kappa shape index (κ1) is 13.2. The minimum Gasteiger partial charge on any atom is -0.468 e. The number of carbonyl (C=O) groups excluding carboxylic acids is 1. The Bertz CT molecular complexity index is 433. The van der Waals surface area contributed by atoms with Gasteiger partial charge < -0.3 is 9.30 Å². The largest absolute Gasteiger partial charge is 0.468 e. The topological polar surface area (TPSA) is 79.9 Å². The van der Waals surface area contributed by atoms with Crippen LogP contribution in [0.3, 0.4) is 0 Å². The van der Waals surface area contributed by atoms with E-state index in [2.05, 4.69) is 15.0 Å². The van der Waals surface area contributed by atoms with Crippen molar-refractivity contribution in [2.75, 3.05) is 7.11 Å². The zero-order valence-corrected chi connectivity index (χ0v) is 10.2. The summed E-state index contributed by atoms with van der Waals surface area (Å²) >= 11 is 0. The Balaban J connectivity index is 2.63. The molecule has 0 amide bonds. The molecule has 0 bridgehead atoms. The van der Waals surface area contributed by atoms with Crippen LogP contribution in [0.15, 0.2) is 6.20 Å². The molecule has 1 N–H and O–H groups in total. The molecule has 6 heteroatoms. The van der Waals surface area contributed by atoms with E-state index in [1.54, 1.807) is 17.8 Å². The van der Waals surface area contributed by atoms with Gasteiger partial charge in [0.2, 0.25) is 5.82 Å². The second kappa shape index (κ2) is 6.01. The first-order chi connectivity index (χ1) is 8.13. The van der Waals surface area contributed by atoms with Gasteiger partial charge in [-0.3, -0.25) is 10.1 Å². The van der Waals surface area contributed by atoms with Gasteiger partial charge in [-0.2, -0.15) is 5.26 Å². The molecule has 0 fully saturated rings. The summed E-state index contributed by atoms with van der Waals surface area (Å²) < 4.78 is 6.36. The standard InChI is InChI=1S/C11H16N4O2/c1-4-9(11(16)17-3)13-6-8-7-14-10(5-12)15(8)2/h7,9,13H,4,6H2,1-3H3. The summed E-state index contributed by atoms with van der Waals surface area (Å²) in [5.41, 5.74) is 0.851. The third-order valence-electron chi connectivity index (χ3n) is 2.61. The molecule has 0 radical (unpaired) electrons. The molecule has 1 heterocycles. The zero-order chi connectivity index (χ0) is 12.8. The van der Waals surface area contributed by atoms with Crippen LogP contribution in [0, 0.1) is 11.3 Å². The normalized spacial score (nSPS) is 11.9. The van der Waals surface area contributed by atoms with Gasteiger partial charge in [-0.05, 0) is 6.42 Å². The van der Waals surface area contributed by atoms with Crippen LogP contribution in [0.1, 0.15) is 24.9 Å². The van der Waals surface area contributed by atoms with Gasteiger partial charge in [-0.25, -0.2) is 4.98 Å². The Labute approximate surface area is 100 Å². The molecule has 92 valence electrons. The second-order valence-electron chi connectivity index (χ2n) is 3.61. The lowest BCUT2D eigenvalue weighted by molar-refractivity contribution is -0.143. The Morgan fingerprint density at radius 3 is 2.94 bits per heavy atom. The van der Waals surface area contributed by atoms with Gasteiger partial charge in [0.15, 0.2) is 0 Å². The number of hydrogen-bond acceptors (Lipinski definition) is 5. The predicted octanol–water partition coefficient (Wildman–Crippen LogP) is 0.333. The molecule has 1 rings (SSSR count). The highest BCUT2D eigenvalue weighted by Gasteiger charge is 2.16. The monoisotopic (exact) mass is 236 g/mol. The molecule has 0 aromatic carbocycles. The average molecular weight is 236 g/mol. The summed E-state index contributed by atoms with van der Waals surface area (Å²) in [6, 6.07) is 1.65. The Morgan fingerprint density at radius 2 is 2.47 bits per heavy atom. The number of rotatable bonds is 5. The molecule has 0 saturated heterocycles. The van der Waals surface area contributed by atoms with Crippen LogP contribution < -0.4 is 5.32 Å². The average Bonchev–Trinajstić information content (AvgIpc) is 2.70. The summed E-state index contributed by atoms with van der Waals surface area (Å²) in [7, 11) is 3.13. The molecule has 1 aromatic rings. The number of hydrogen-bond donors (Lipinski definition) is 1. The van der Waals surface area contributed by atoms with Crippen LogP contribution in [0.5, 0.6) is 0 Å². The van der Waals surface area contributed by atoms with Gasteiger partial charge in [-0.1, -0.05) is 6.92 Å². The fourth-order valence-corrected chi connectivity index (χ4v) is 1.48. The van der Waals surface area contributed by atoms with Crippen LogP contribution in [-0.2, 0) is 23.1 Å². The Hall–Kier alpha value is -1.87. The first-order valence-electron chi connectivity index (χ1n) is 5.35. The van der Waals surface area contributed by atoms with Crippen molar-refractivity contribution in [3.05, 3.63) is 17.7 Å². The smallest absolute Gasteiger partial charge is 0.322 e. The lowest BCUT2D eigenvalue weighted by Gasteiger charge is -2.14. The molecule has 1 unspecified atom stereocenters. The van der Waals surface area contributed by atoms with E-state index in [-0.39, 0.29) is 12.0 Å². The fourth-order valence-electron chi connectivity index (χ4n) is 1.48. The number of nitriles is 1. The van der Waals surface area contributed by atoms with Crippen LogP contribution in [0.4, 0.5) is 0 Å². The van der Waals surface area contributed by atoms with Crippen molar-refractivity contribution in [1.29, 1.82) is 5.26 Å². The third-order valence-corrected chi connectivity index (χ3v) is 2.61. The number of esters is 1. The van der Waals surface area contributed by atoms with E-state index >= 15 is 0 Å². The van der Waals surface area contributed by atoms with E-state index < -0.39 is 0 Å². The van der Waals surface area contributed by atoms with Crippen molar-refractivity contribution in [3.8, 4) is 6.07 Å². The van der Waals surface area contributed by atoms with Gasteiger partial charge in [0.1, 0.15) is 12.1 Å². The van der Waals surface area contributed by atoms with Gasteiger partial charge in [0.25, 0.3) is 0 Å². The van der Waals surface area contributed by atoms with Crippen LogP contribution >= 0.6 is 0 Å². The van der Waals surface area contributed by atoms with Gasteiger partial charge >= 0.3 is 5.97 Å². The first-order valence-corrected chi connectivity index (χ1v) is 5.35. The van der Waals surface area contributed by atoms with Crippen molar-refractivity contribution in [2.45, 2.75) is 25.9 Å². The van der Waals surface area contributed by atoms with E-state index in [0.717, 1.165) is 5.69 Å². The minimum absolute atomic E-state index is 0.282. The maximum Gasteiger partial charge on any atom is 0.322 e. The molecular weight excluding hydrogens is 220 g/mol. The second-order valence-corrected chi connectivity index (χ2v) is 3.61. The van der Waals surface area contributed by atoms with E-state index in [0.29, 0.717) is 18.8 Å². The van der Waals surface area contributed by atoms with Gasteiger partial charge in [0.05, 0.1) is 19.0 Å². The van der Waals surface area contributed by atoms with Crippen molar-refractivity contribution in [3.63, 3.8) is 0 Å². The number of aromatic nitrogens is 2. The van der Waals surface area contributed by atoms with E-state index in [1.165, 1.54) is 7.11 Å². The molecule has 0 aliphatic rings. The molecule has 0 spiro atoms. The van der Waals surface area contributed by atoms with Crippen LogP contribution in [0.2, 0.25) is 0 Å². The molecule has 0 aliphatic carbocycles. The maximum atomic E-state index is 11.4. The SMILES string of the molecule is CCC(NCc1cnc(C#N)n1C)C(=O)OC. The molecule has 17 heavy (non-hydrogen) atoms. The number of nitrogens with one attached hydrogen (secondary N) is 1. The van der Waals surface area contributed by atoms with Crippen molar-refractivity contribution >= 4 is 5.97 Å². The Morgan fingerprint density at radius 1 is 1.76 bits per heavy atom. The van der Waals surface area contributed by atoms with E-state index in [1.807, 2.05) is 13.0 Å². The van der Waals surface area contributed by atoms with E-state index in [9.17, 15) is 4.79 Å². The number of ether oxygens (including phenoxy) is 1. The van der Waals surface area contributed by atoms with Crippen molar-refractivity contribution < 1.29 is 9.53 Å². The number of nitrogens with zero attached hydrogens (tertiary/aromatic N) is 3. The van der Waals surface area contributed by atoms with E-state index in [4.69, 9.17) is 5.26 Å². The quantitative estimate of drug-likeness (QED) is 0.745. The minimum atomic E-state index is -0.333. The third kappa shape index (κ3) is 3.04. The molecule has 0 aliphatic heterocycles. The summed E-state index contributed by atoms with van der Waals surface area (Å²) in [6.45, 7) is 2.37. The molecule has 1 aromatic heterocycles. The van der Waals surface area contributed by atoms with Crippen LogP contribution in [0.25, 0.3) is 0 Å². The fraction of sp³-hybridized carbons (Fsp3) is 0.545. The van der Waals surface area contributed by atoms with Gasteiger partial charge in [-0.15, -0.1) is 0 Å². The number of imidazole rings is 1. The number of methoxy groups -OCH3 is 1. The number of carbonyl (C=O) groups is 1. The summed E-state index contributed by atoms with van der Waals surface area (Å²) in [6.07, 6.45) is 2.27. The molecule has 0 saturated carbocycles. The van der Waals surface area contributed by atoms with Crippen molar-refractivity contribution in [1.82, 2.24) is 14.9 Å². The highest BCUT2D eigenvalue weighted by molar-refractivity contribution is 5.75. The molecule has 6 nitrogen and oxygen atoms in total. The summed E-state index contributed by atoms with van der Waals surface area (Å²) in [5, 5.41) is 11.8. The zero-order valence-electron chi connectivity index (χ0n) is 10.2. The van der Waals surface area contributed by atoms with Crippen LogP contribution in [-0.4, -0.2) is 28.7 Å². The lowest BCUT2D eigenvalue weighted by Crippen LogP contribution is -2.36. The summed E-state index contributed by atoms with van der Waals surface area (Å²) in [5.74, 6) is 0.0723.